The maximum atomic E-state index is 12.0. The van der Waals surface area contributed by atoms with Crippen LogP contribution in [-0.2, 0) is 4.79 Å². The number of carbonyl (C=O) groups excluding carboxylic acids is 1. The third-order valence-electron chi connectivity index (χ3n) is 4.09. The molecule has 25 heavy (non-hydrogen) atoms. The van der Waals surface area contributed by atoms with Crippen LogP contribution in [0.1, 0.15) is 12.8 Å². The van der Waals surface area contributed by atoms with Crippen molar-refractivity contribution in [2.24, 2.45) is 0 Å². The first-order valence-electron chi connectivity index (χ1n) is 8.42. The molecule has 3 aromatic rings. The molecular formula is C20H19N3OS. The van der Waals surface area contributed by atoms with Crippen LogP contribution in [0.4, 0.5) is 0 Å². The summed E-state index contributed by atoms with van der Waals surface area (Å²) in [5, 5.41) is 3.85. The Kier molecular flexibility index (Phi) is 4.57. The third kappa shape index (κ3) is 3.77. The number of aromatic nitrogens is 2. The van der Waals surface area contributed by atoms with Gasteiger partial charge in [0, 0.05) is 17.3 Å². The van der Waals surface area contributed by atoms with Gasteiger partial charge in [-0.3, -0.25) is 9.36 Å². The molecule has 0 atom stereocenters. The van der Waals surface area contributed by atoms with E-state index >= 15 is 0 Å². The Bertz CT molecular complexity index is 857. The van der Waals surface area contributed by atoms with Crippen molar-refractivity contribution >= 4 is 17.7 Å². The van der Waals surface area contributed by atoms with Crippen molar-refractivity contribution in [3.8, 4) is 16.9 Å². The number of para-hydroxylation sites is 1. The molecule has 1 heterocycles. The normalized spacial score (nSPS) is 13.6. The van der Waals surface area contributed by atoms with Crippen LogP contribution in [0.15, 0.2) is 72.0 Å². The van der Waals surface area contributed by atoms with Gasteiger partial charge in [-0.15, -0.1) is 0 Å². The monoisotopic (exact) mass is 349 g/mol. The highest BCUT2D eigenvalue weighted by atomic mass is 32.2. The van der Waals surface area contributed by atoms with Gasteiger partial charge in [0.2, 0.25) is 5.91 Å². The molecule has 1 N–H and O–H groups in total. The molecule has 2 aromatic carbocycles. The molecule has 0 radical (unpaired) electrons. The Labute approximate surface area is 151 Å². The number of nitrogens with one attached hydrogen (secondary N) is 1. The number of hydrogen-bond donors (Lipinski definition) is 1. The number of thioether (sulfide) groups is 1. The molecule has 0 bridgehead atoms. The van der Waals surface area contributed by atoms with E-state index in [4.69, 9.17) is 0 Å². The van der Waals surface area contributed by atoms with Crippen LogP contribution in [0.2, 0.25) is 0 Å². The molecule has 0 saturated heterocycles. The molecule has 4 rings (SSSR count). The Balaban J connectivity index is 1.64. The molecule has 126 valence electrons. The second-order valence-electron chi connectivity index (χ2n) is 6.09. The molecule has 0 aliphatic heterocycles. The maximum absolute atomic E-state index is 12.0. The number of benzene rings is 2. The molecule has 5 heteroatoms. The summed E-state index contributed by atoms with van der Waals surface area (Å²) in [5.41, 5.74) is 3.17. The molecule has 0 unspecified atom stereocenters. The van der Waals surface area contributed by atoms with Crippen molar-refractivity contribution in [3.63, 3.8) is 0 Å². The largest absolute Gasteiger partial charge is 0.353 e. The van der Waals surface area contributed by atoms with E-state index in [0.29, 0.717) is 11.8 Å². The predicted octanol–water partition coefficient (Wildman–Crippen LogP) is 3.91. The fraction of sp³-hybridized carbons (Fsp3) is 0.200. The molecule has 1 aliphatic carbocycles. The number of carbonyl (C=O) groups is 1. The lowest BCUT2D eigenvalue weighted by Crippen LogP contribution is -2.27. The fourth-order valence-corrected chi connectivity index (χ4v) is 3.51. The number of rotatable bonds is 6. The van der Waals surface area contributed by atoms with Gasteiger partial charge < -0.3 is 5.32 Å². The molecule has 1 fully saturated rings. The zero-order valence-electron chi connectivity index (χ0n) is 13.8. The van der Waals surface area contributed by atoms with Crippen molar-refractivity contribution < 1.29 is 4.79 Å². The van der Waals surface area contributed by atoms with E-state index in [2.05, 4.69) is 39.1 Å². The van der Waals surface area contributed by atoms with E-state index in [0.717, 1.165) is 34.9 Å². The van der Waals surface area contributed by atoms with Gasteiger partial charge in [-0.05, 0) is 25.0 Å². The zero-order chi connectivity index (χ0) is 17.1. The summed E-state index contributed by atoms with van der Waals surface area (Å²) in [6, 6.07) is 20.7. The maximum Gasteiger partial charge on any atom is 0.230 e. The van der Waals surface area contributed by atoms with E-state index in [9.17, 15) is 4.79 Å². The van der Waals surface area contributed by atoms with Crippen LogP contribution >= 0.6 is 11.8 Å². The second kappa shape index (κ2) is 7.15. The lowest BCUT2D eigenvalue weighted by molar-refractivity contribution is -0.118. The van der Waals surface area contributed by atoms with E-state index in [1.165, 1.54) is 11.8 Å². The molecule has 1 aromatic heterocycles. The highest BCUT2D eigenvalue weighted by molar-refractivity contribution is 7.99. The highest BCUT2D eigenvalue weighted by Crippen LogP contribution is 2.29. The van der Waals surface area contributed by atoms with Crippen LogP contribution in [0, 0.1) is 0 Å². The summed E-state index contributed by atoms with van der Waals surface area (Å²) in [6.07, 6.45) is 4.09. The molecular weight excluding hydrogens is 330 g/mol. The average Bonchev–Trinajstić information content (AvgIpc) is 3.37. The first-order chi connectivity index (χ1) is 12.3. The quantitative estimate of drug-likeness (QED) is 0.686. The molecule has 1 aliphatic rings. The van der Waals surface area contributed by atoms with Crippen molar-refractivity contribution in [3.05, 3.63) is 66.9 Å². The standard InChI is InChI=1S/C20H19N3OS/c24-19(22-16-11-12-16)14-25-20-21-13-18(15-7-3-1-4-8-15)23(20)17-9-5-2-6-10-17/h1-10,13,16H,11-12,14H2,(H,22,24). The van der Waals surface area contributed by atoms with Gasteiger partial charge in [-0.25, -0.2) is 4.98 Å². The Hall–Kier alpha value is -2.53. The second-order valence-corrected chi connectivity index (χ2v) is 7.04. The summed E-state index contributed by atoms with van der Waals surface area (Å²) in [7, 11) is 0. The Morgan fingerprint density at radius 3 is 2.44 bits per heavy atom. The SMILES string of the molecule is O=C(CSc1ncc(-c2ccccc2)n1-c1ccccc1)NC1CC1. The first kappa shape index (κ1) is 16.0. The van der Waals surface area contributed by atoms with Crippen LogP contribution in [-0.4, -0.2) is 27.3 Å². The Morgan fingerprint density at radius 1 is 1.08 bits per heavy atom. The van der Waals surface area contributed by atoms with Crippen molar-refractivity contribution in [1.82, 2.24) is 14.9 Å². The lowest BCUT2D eigenvalue weighted by Gasteiger charge is -2.12. The molecule has 0 spiro atoms. The van der Waals surface area contributed by atoms with E-state index in [1.54, 1.807) is 0 Å². The summed E-state index contributed by atoms with van der Waals surface area (Å²) >= 11 is 1.48. The van der Waals surface area contributed by atoms with Crippen molar-refractivity contribution in [2.45, 2.75) is 24.0 Å². The predicted molar refractivity (Wildman–Crippen MR) is 101 cm³/mol. The first-order valence-corrected chi connectivity index (χ1v) is 9.40. The topological polar surface area (TPSA) is 46.9 Å². The smallest absolute Gasteiger partial charge is 0.230 e. The van der Waals surface area contributed by atoms with Gasteiger partial charge in [0.15, 0.2) is 5.16 Å². The van der Waals surface area contributed by atoms with Crippen molar-refractivity contribution in [1.29, 1.82) is 0 Å². The number of nitrogens with zero attached hydrogens (tertiary/aromatic N) is 2. The molecule has 1 saturated carbocycles. The molecule has 1 amide bonds. The minimum absolute atomic E-state index is 0.0800. The number of imidazole rings is 1. The minimum Gasteiger partial charge on any atom is -0.353 e. The van der Waals surface area contributed by atoms with Crippen LogP contribution < -0.4 is 5.32 Å². The van der Waals surface area contributed by atoms with E-state index < -0.39 is 0 Å². The fourth-order valence-electron chi connectivity index (χ4n) is 2.70. The summed E-state index contributed by atoms with van der Waals surface area (Å²) < 4.78 is 2.12. The van der Waals surface area contributed by atoms with E-state index in [1.807, 2.05) is 42.6 Å². The highest BCUT2D eigenvalue weighted by Gasteiger charge is 2.23. The Morgan fingerprint density at radius 2 is 1.76 bits per heavy atom. The van der Waals surface area contributed by atoms with Crippen LogP contribution in [0.5, 0.6) is 0 Å². The van der Waals surface area contributed by atoms with E-state index in [-0.39, 0.29) is 5.91 Å². The van der Waals surface area contributed by atoms with Crippen LogP contribution in [0.3, 0.4) is 0 Å². The van der Waals surface area contributed by atoms with Gasteiger partial charge in [-0.2, -0.15) is 0 Å². The van der Waals surface area contributed by atoms with Gasteiger partial charge in [-0.1, -0.05) is 60.3 Å². The lowest BCUT2D eigenvalue weighted by atomic mass is 10.1. The number of amides is 1. The summed E-state index contributed by atoms with van der Waals surface area (Å²) in [4.78, 5) is 16.6. The third-order valence-corrected chi connectivity index (χ3v) is 5.04. The number of hydrogen-bond acceptors (Lipinski definition) is 3. The average molecular weight is 349 g/mol. The van der Waals surface area contributed by atoms with Gasteiger partial charge in [0.05, 0.1) is 17.6 Å². The summed E-state index contributed by atoms with van der Waals surface area (Å²) in [5.74, 6) is 0.463. The summed E-state index contributed by atoms with van der Waals surface area (Å²) in [6.45, 7) is 0. The van der Waals surface area contributed by atoms with Gasteiger partial charge in [0.1, 0.15) is 0 Å². The van der Waals surface area contributed by atoms with Gasteiger partial charge >= 0.3 is 0 Å². The zero-order valence-corrected chi connectivity index (χ0v) is 14.6. The van der Waals surface area contributed by atoms with Crippen molar-refractivity contribution in [2.75, 3.05) is 5.75 Å². The molecule has 4 nitrogen and oxygen atoms in total. The minimum atomic E-state index is 0.0800. The van der Waals surface area contributed by atoms with Crippen LogP contribution in [0.25, 0.3) is 16.9 Å². The van der Waals surface area contributed by atoms with Gasteiger partial charge in [0.25, 0.3) is 0 Å².